The highest BCUT2D eigenvalue weighted by molar-refractivity contribution is 5.63. The quantitative estimate of drug-likeness (QED) is 0.611. The molecule has 0 amide bonds. The first-order valence-corrected chi connectivity index (χ1v) is 9.81. The van der Waals surface area contributed by atoms with Gasteiger partial charge in [-0.15, -0.1) is 0 Å². The first-order valence-electron chi connectivity index (χ1n) is 9.81. The fourth-order valence-corrected chi connectivity index (χ4v) is 4.49. The number of piperidine rings is 1. The number of hydrogen-bond donors (Lipinski definition) is 1. The van der Waals surface area contributed by atoms with E-state index in [4.69, 9.17) is 4.74 Å². The summed E-state index contributed by atoms with van der Waals surface area (Å²) in [6.45, 7) is 5.92. The topological polar surface area (TPSA) is 67.6 Å². The van der Waals surface area contributed by atoms with Gasteiger partial charge in [0.2, 0.25) is 0 Å². The molecule has 1 N–H and O–H groups in total. The number of methoxy groups -OCH3 is 1. The molecule has 0 spiro atoms. The zero-order chi connectivity index (χ0) is 19.6. The molecule has 0 atom stereocenters. The molecule has 6 nitrogen and oxygen atoms in total. The third-order valence-corrected chi connectivity index (χ3v) is 6.43. The number of rotatable bonds is 5. The predicted octanol–water partition coefficient (Wildman–Crippen LogP) is 4.27. The van der Waals surface area contributed by atoms with Crippen molar-refractivity contribution in [1.29, 1.82) is 0 Å². The number of nitro groups is 1. The van der Waals surface area contributed by atoms with Crippen molar-refractivity contribution < 1.29 is 14.1 Å². The lowest BCUT2D eigenvalue weighted by Crippen LogP contribution is -2.53. The Hall–Kier alpha value is -1.73. The Kier molecular flexibility index (Phi) is 6.01. The fourth-order valence-electron chi connectivity index (χ4n) is 4.49. The molecule has 0 unspecified atom stereocenters. The Labute approximate surface area is 160 Å². The molecule has 3 rings (SSSR count). The maximum absolute atomic E-state index is 13.7. The number of nitro benzene ring substituents is 1. The van der Waals surface area contributed by atoms with Gasteiger partial charge in [-0.3, -0.25) is 15.0 Å². The Morgan fingerprint density at radius 3 is 2.44 bits per heavy atom. The van der Waals surface area contributed by atoms with E-state index < -0.39 is 10.7 Å². The van der Waals surface area contributed by atoms with Crippen LogP contribution >= 0.6 is 0 Å². The smallest absolute Gasteiger partial charge is 0.295 e. The van der Waals surface area contributed by atoms with Gasteiger partial charge in [0.25, 0.3) is 5.69 Å². The number of hydrogen-bond acceptors (Lipinski definition) is 5. The average Bonchev–Trinajstić information content (AvgIpc) is 2.65. The highest BCUT2D eigenvalue weighted by Crippen LogP contribution is 2.37. The first-order chi connectivity index (χ1) is 12.8. The average molecular weight is 379 g/mol. The molecule has 2 fully saturated rings. The van der Waals surface area contributed by atoms with Gasteiger partial charge in [-0.25, -0.2) is 4.39 Å². The second kappa shape index (κ2) is 8.10. The van der Waals surface area contributed by atoms with Gasteiger partial charge in [-0.1, -0.05) is 0 Å². The van der Waals surface area contributed by atoms with Crippen molar-refractivity contribution in [2.45, 2.75) is 70.1 Å². The third kappa shape index (κ3) is 4.41. The molecule has 1 aromatic rings. The molecule has 1 saturated heterocycles. The molecule has 1 aromatic carbocycles. The molecule has 0 bridgehead atoms. The van der Waals surface area contributed by atoms with Crippen LogP contribution in [0.3, 0.4) is 0 Å². The van der Waals surface area contributed by atoms with E-state index in [1.807, 2.05) is 0 Å². The lowest BCUT2D eigenvalue weighted by molar-refractivity contribution is -0.384. The standard InChI is InChI=1S/C20H30FN3O3/c1-14-12-18(19(24(25)26)13-17(14)21)22-15-6-10-23(11-7-15)20(2)8-4-16(27-3)5-9-20/h12-13,15-16,22H,4-11H2,1-3H3/t16-,20-. The van der Waals surface area contributed by atoms with Crippen LogP contribution in [0.15, 0.2) is 12.1 Å². The number of nitrogens with one attached hydrogen (secondary N) is 1. The molecule has 27 heavy (non-hydrogen) atoms. The van der Waals surface area contributed by atoms with Gasteiger partial charge < -0.3 is 10.1 Å². The van der Waals surface area contributed by atoms with Crippen LogP contribution in [0.5, 0.6) is 0 Å². The maximum atomic E-state index is 13.7. The van der Waals surface area contributed by atoms with Crippen LogP contribution in [0.2, 0.25) is 0 Å². The Morgan fingerprint density at radius 2 is 1.89 bits per heavy atom. The number of aryl methyl sites for hydroxylation is 1. The highest BCUT2D eigenvalue weighted by Gasteiger charge is 2.38. The van der Waals surface area contributed by atoms with E-state index in [-0.39, 0.29) is 17.3 Å². The molecule has 1 aliphatic heterocycles. The fraction of sp³-hybridized carbons (Fsp3) is 0.700. The van der Waals surface area contributed by atoms with Gasteiger partial charge in [0.15, 0.2) is 0 Å². The lowest BCUT2D eigenvalue weighted by Gasteiger charge is -2.48. The summed E-state index contributed by atoms with van der Waals surface area (Å²) in [5, 5.41) is 14.6. The van der Waals surface area contributed by atoms with E-state index in [9.17, 15) is 14.5 Å². The molecule has 7 heteroatoms. The SMILES string of the molecule is CO[C@H]1CC[C@](C)(N2CCC(Nc3cc(C)c(F)cc3[N+](=O)[O-])CC2)CC1. The minimum Gasteiger partial charge on any atom is -0.381 e. The normalized spacial score (nSPS) is 27.5. The Balaban J connectivity index is 1.60. The second-order valence-electron chi connectivity index (χ2n) is 8.21. The molecule has 0 radical (unpaired) electrons. The molecule has 1 aliphatic carbocycles. The summed E-state index contributed by atoms with van der Waals surface area (Å²) in [4.78, 5) is 13.3. The van der Waals surface area contributed by atoms with Crippen molar-refractivity contribution in [3.8, 4) is 0 Å². The van der Waals surface area contributed by atoms with Crippen molar-refractivity contribution in [3.05, 3.63) is 33.6 Å². The van der Waals surface area contributed by atoms with Gasteiger partial charge >= 0.3 is 0 Å². The molecule has 1 heterocycles. The van der Waals surface area contributed by atoms with Crippen molar-refractivity contribution in [3.63, 3.8) is 0 Å². The van der Waals surface area contributed by atoms with E-state index in [2.05, 4.69) is 17.1 Å². The van der Waals surface area contributed by atoms with Gasteiger partial charge in [-0.2, -0.15) is 0 Å². The number of benzene rings is 1. The molecular formula is C20H30FN3O3. The Morgan fingerprint density at radius 1 is 1.26 bits per heavy atom. The monoisotopic (exact) mass is 379 g/mol. The summed E-state index contributed by atoms with van der Waals surface area (Å²) >= 11 is 0. The van der Waals surface area contributed by atoms with Gasteiger partial charge in [0, 0.05) is 31.8 Å². The van der Waals surface area contributed by atoms with Crippen LogP contribution < -0.4 is 5.32 Å². The highest BCUT2D eigenvalue weighted by atomic mass is 19.1. The van der Waals surface area contributed by atoms with Crippen LogP contribution in [0.1, 0.15) is 51.0 Å². The van der Waals surface area contributed by atoms with Crippen molar-refractivity contribution in [1.82, 2.24) is 4.90 Å². The number of anilines is 1. The van der Waals surface area contributed by atoms with Gasteiger partial charge in [0.05, 0.1) is 17.1 Å². The first kappa shape index (κ1) is 20.0. The third-order valence-electron chi connectivity index (χ3n) is 6.43. The minimum absolute atomic E-state index is 0.170. The maximum Gasteiger partial charge on any atom is 0.295 e. The van der Waals surface area contributed by atoms with E-state index in [0.29, 0.717) is 17.4 Å². The largest absolute Gasteiger partial charge is 0.381 e. The summed E-state index contributed by atoms with van der Waals surface area (Å²) in [7, 11) is 1.79. The Bertz CT molecular complexity index is 681. The van der Waals surface area contributed by atoms with Crippen LogP contribution in [0.4, 0.5) is 15.8 Å². The van der Waals surface area contributed by atoms with Crippen molar-refractivity contribution in [2.24, 2.45) is 0 Å². The number of halogens is 1. The summed E-state index contributed by atoms with van der Waals surface area (Å²) in [5.41, 5.74) is 0.871. The van der Waals surface area contributed by atoms with Crippen LogP contribution in [0, 0.1) is 22.9 Å². The summed E-state index contributed by atoms with van der Waals surface area (Å²) in [5.74, 6) is -0.540. The summed E-state index contributed by atoms with van der Waals surface area (Å²) in [6, 6.07) is 2.73. The van der Waals surface area contributed by atoms with Crippen molar-refractivity contribution in [2.75, 3.05) is 25.5 Å². The van der Waals surface area contributed by atoms with Crippen LogP contribution in [-0.2, 0) is 4.74 Å². The number of ether oxygens (including phenoxy) is 1. The molecule has 1 saturated carbocycles. The summed E-state index contributed by atoms with van der Waals surface area (Å²) in [6.07, 6.45) is 6.74. The van der Waals surface area contributed by atoms with Crippen LogP contribution in [0.25, 0.3) is 0 Å². The van der Waals surface area contributed by atoms with E-state index >= 15 is 0 Å². The predicted molar refractivity (Wildman–Crippen MR) is 104 cm³/mol. The molecule has 0 aromatic heterocycles. The minimum atomic E-state index is -0.540. The zero-order valence-electron chi connectivity index (χ0n) is 16.5. The van der Waals surface area contributed by atoms with E-state index in [0.717, 1.165) is 57.7 Å². The van der Waals surface area contributed by atoms with Gasteiger partial charge in [-0.05, 0) is 64.0 Å². The molecular weight excluding hydrogens is 349 g/mol. The zero-order valence-corrected chi connectivity index (χ0v) is 16.5. The van der Waals surface area contributed by atoms with Crippen LogP contribution in [-0.4, -0.2) is 47.7 Å². The molecule has 2 aliphatic rings. The second-order valence-corrected chi connectivity index (χ2v) is 8.21. The van der Waals surface area contributed by atoms with E-state index in [1.54, 1.807) is 20.1 Å². The van der Waals surface area contributed by atoms with E-state index in [1.165, 1.54) is 0 Å². The van der Waals surface area contributed by atoms with Crippen molar-refractivity contribution >= 4 is 11.4 Å². The van der Waals surface area contributed by atoms with Gasteiger partial charge in [0.1, 0.15) is 11.5 Å². The number of nitrogens with zero attached hydrogens (tertiary/aromatic N) is 2. The lowest BCUT2D eigenvalue weighted by atomic mass is 9.79. The number of likely N-dealkylation sites (tertiary alicyclic amines) is 1. The molecule has 150 valence electrons. The summed E-state index contributed by atoms with van der Waals surface area (Å²) < 4.78 is 19.2.